The third kappa shape index (κ3) is 7.63. The van der Waals surface area contributed by atoms with Crippen LogP contribution in [0.25, 0.3) is 0 Å². The molecule has 0 aromatic heterocycles. The van der Waals surface area contributed by atoms with Crippen molar-refractivity contribution in [2.75, 3.05) is 6.61 Å². The molecule has 3 nitrogen and oxygen atoms in total. The van der Waals surface area contributed by atoms with Gasteiger partial charge >= 0.3 is 5.97 Å². The number of allylic oxidation sites excluding steroid dienone is 1. The van der Waals surface area contributed by atoms with E-state index in [0.717, 1.165) is 6.08 Å². The van der Waals surface area contributed by atoms with Crippen LogP contribution in [0.2, 0.25) is 0 Å². The van der Waals surface area contributed by atoms with Gasteiger partial charge in [0.05, 0.1) is 18.4 Å². The molecule has 0 saturated carbocycles. The molecule has 0 aliphatic heterocycles. The van der Waals surface area contributed by atoms with E-state index in [-0.39, 0.29) is 25.2 Å². The summed E-state index contributed by atoms with van der Waals surface area (Å²) in [4.78, 5) is 10.4. The molecule has 0 aromatic carbocycles. The summed E-state index contributed by atoms with van der Waals surface area (Å²) < 4.78 is 4.48. The average molecular weight is 196 g/mol. The Morgan fingerprint density at radius 2 is 2.20 bits per heavy atom. The van der Waals surface area contributed by atoms with E-state index in [1.54, 1.807) is 6.92 Å². The van der Waals surface area contributed by atoms with Crippen LogP contribution in [-0.2, 0) is 29.0 Å². The third-order valence-corrected chi connectivity index (χ3v) is 0.613. The van der Waals surface area contributed by atoms with Crippen molar-refractivity contribution in [2.45, 2.75) is 13.8 Å². The molecule has 0 amide bonds. The number of aliphatic hydroxyl groups is 1. The van der Waals surface area contributed by atoms with Crippen molar-refractivity contribution in [3.8, 4) is 0 Å². The molecule has 0 unspecified atom stereocenters. The van der Waals surface area contributed by atoms with Gasteiger partial charge in [-0.15, -0.1) is 0 Å². The van der Waals surface area contributed by atoms with Gasteiger partial charge in [-0.25, -0.2) is 4.79 Å². The van der Waals surface area contributed by atoms with Gasteiger partial charge in [0.25, 0.3) is 0 Å². The van der Waals surface area contributed by atoms with E-state index in [1.165, 1.54) is 6.92 Å². The van der Waals surface area contributed by atoms with Gasteiger partial charge in [0.2, 0.25) is 0 Å². The van der Waals surface area contributed by atoms with Crippen molar-refractivity contribution in [3.63, 3.8) is 0 Å². The number of rotatable bonds is 2. The molecule has 0 rings (SSSR count). The summed E-state index contributed by atoms with van der Waals surface area (Å²) in [7, 11) is 0. The van der Waals surface area contributed by atoms with Gasteiger partial charge in [-0.3, -0.25) is 0 Å². The third-order valence-electron chi connectivity index (χ3n) is 0.613. The number of hydrogen-bond donors (Lipinski definition) is 1. The fraction of sp³-hybridized carbons (Fsp3) is 0.500. The van der Waals surface area contributed by atoms with Crippen molar-refractivity contribution in [1.82, 2.24) is 0 Å². The standard InChI is InChI=1S/C6H10O3.Zn/c1-3-9-6(8)4-5(2)7;/h4,7H,3H2,1-2H3;/b5-4-;. The smallest absolute Gasteiger partial charge is 0.334 e. The second-order valence-electron chi connectivity index (χ2n) is 1.54. The van der Waals surface area contributed by atoms with Crippen LogP contribution in [-0.4, -0.2) is 17.7 Å². The van der Waals surface area contributed by atoms with Crippen LogP contribution in [0.15, 0.2) is 11.8 Å². The maximum atomic E-state index is 10.4. The van der Waals surface area contributed by atoms with E-state index in [0.29, 0.717) is 6.61 Å². The summed E-state index contributed by atoms with van der Waals surface area (Å²) in [5.41, 5.74) is 0. The first kappa shape index (κ1) is 12.3. The van der Waals surface area contributed by atoms with Gasteiger partial charge in [0, 0.05) is 19.5 Å². The maximum Gasteiger partial charge on any atom is 0.334 e. The maximum absolute atomic E-state index is 10.4. The minimum atomic E-state index is -0.502. The Hall–Kier alpha value is -0.367. The molecular formula is C6H10O3Zn. The average Bonchev–Trinajstić information content (AvgIpc) is 1.63. The van der Waals surface area contributed by atoms with Crippen LogP contribution < -0.4 is 0 Å². The molecule has 0 spiro atoms. The quantitative estimate of drug-likeness (QED) is 0.310. The zero-order valence-electron chi connectivity index (χ0n) is 6.26. The van der Waals surface area contributed by atoms with Crippen LogP contribution in [0, 0.1) is 0 Å². The summed E-state index contributed by atoms with van der Waals surface area (Å²) in [6.07, 6.45) is 1.03. The first-order chi connectivity index (χ1) is 4.16. The molecule has 0 aliphatic rings. The first-order valence-corrected chi connectivity index (χ1v) is 2.70. The fourth-order valence-corrected chi connectivity index (χ4v) is 0.354. The molecule has 54 valence electrons. The predicted octanol–water partition coefficient (Wildman–Crippen LogP) is 1.01. The molecule has 10 heavy (non-hydrogen) atoms. The van der Waals surface area contributed by atoms with E-state index in [4.69, 9.17) is 5.11 Å². The minimum Gasteiger partial charge on any atom is -0.512 e. The van der Waals surface area contributed by atoms with Crippen molar-refractivity contribution in [1.29, 1.82) is 0 Å². The zero-order valence-corrected chi connectivity index (χ0v) is 9.22. The van der Waals surface area contributed by atoms with Gasteiger partial charge in [0.15, 0.2) is 0 Å². The molecule has 0 fully saturated rings. The summed E-state index contributed by atoms with van der Waals surface area (Å²) in [5.74, 6) is -0.536. The van der Waals surface area contributed by atoms with Crippen LogP contribution in [0.4, 0.5) is 0 Å². The molecule has 4 heteroatoms. The van der Waals surface area contributed by atoms with Crippen molar-refractivity contribution < 1.29 is 34.1 Å². The van der Waals surface area contributed by atoms with Crippen molar-refractivity contribution >= 4 is 5.97 Å². The van der Waals surface area contributed by atoms with Crippen molar-refractivity contribution in [3.05, 3.63) is 11.8 Å². The van der Waals surface area contributed by atoms with Crippen molar-refractivity contribution in [2.24, 2.45) is 0 Å². The second-order valence-corrected chi connectivity index (χ2v) is 1.54. The molecule has 0 saturated heterocycles. The Labute approximate surface area is 72.8 Å². The van der Waals surface area contributed by atoms with Gasteiger partial charge in [-0.1, -0.05) is 0 Å². The molecule has 0 radical (unpaired) electrons. The van der Waals surface area contributed by atoms with Crippen LogP contribution >= 0.6 is 0 Å². The summed E-state index contributed by atoms with van der Waals surface area (Å²) in [5, 5.41) is 8.51. The Morgan fingerprint density at radius 1 is 1.70 bits per heavy atom. The van der Waals surface area contributed by atoms with Gasteiger partial charge in [-0.05, 0) is 13.8 Å². The van der Waals surface area contributed by atoms with E-state index in [2.05, 4.69) is 4.74 Å². The Bertz CT molecular complexity index is 127. The number of esters is 1. The molecule has 0 bridgehead atoms. The monoisotopic (exact) mass is 194 g/mol. The first-order valence-electron chi connectivity index (χ1n) is 2.70. The summed E-state index contributed by atoms with van der Waals surface area (Å²) >= 11 is 0. The van der Waals surface area contributed by atoms with Gasteiger partial charge in [0.1, 0.15) is 0 Å². The summed E-state index contributed by atoms with van der Waals surface area (Å²) in [6.45, 7) is 3.46. The summed E-state index contributed by atoms with van der Waals surface area (Å²) in [6, 6.07) is 0. The molecule has 1 N–H and O–H groups in total. The largest absolute Gasteiger partial charge is 0.512 e. The fourth-order valence-electron chi connectivity index (χ4n) is 0.354. The Balaban J connectivity index is 0. The van der Waals surface area contributed by atoms with E-state index >= 15 is 0 Å². The minimum absolute atomic E-state index is 0. The van der Waals surface area contributed by atoms with E-state index < -0.39 is 5.97 Å². The number of hydrogen-bond acceptors (Lipinski definition) is 3. The number of ether oxygens (including phenoxy) is 1. The normalized spacial score (nSPS) is 10.0. The topological polar surface area (TPSA) is 46.5 Å². The number of carbonyl (C=O) groups excluding carboxylic acids is 1. The SMILES string of the molecule is CCOC(=O)/C=C(/C)O.[Zn]. The molecule has 0 aliphatic carbocycles. The Kier molecular flexibility index (Phi) is 8.32. The molecular weight excluding hydrogens is 185 g/mol. The number of carbonyl (C=O) groups is 1. The van der Waals surface area contributed by atoms with Crippen LogP contribution in [0.1, 0.15) is 13.8 Å². The number of aliphatic hydroxyl groups excluding tert-OH is 1. The molecule has 0 aromatic rings. The van der Waals surface area contributed by atoms with Crippen LogP contribution in [0.3, 0.4) is 0 Å². The predicted molar refractivity (Wildman–Crippen MR) is 33.0 cm³/mol. The molecule has 0 atom stereocenters. The second kappa shape index (κ2) is 6.75. The van der Waals surface area contributed by atoms with Gasteiger partial charge in [-0.2, -0.15) is 0 Å². The van der Waals surface area contributed by atoms with Gasteiger partial charge < -0.3 is 9.84 Å². The van der Waals surface area contributed by atoms with E-state index in [1.807, 2.05) is 0 Å². The molecule has 0 heterocycles. The van der Waals surface area contributed by atoms with E-state index in [9.17, 15) is 4.79 Å². The van der Waals surface area contributed by atoms with Crippen LogP contribution in [0.5, 0.6) is 0 Å². The Morgan fingerprint density at radius 3 is 2.50 bits per heavy atom. The zero-order chi connectivity index (χ0) is 7.28.